The van der Waals surface area contributed by atoms with Crippen molar-refractivity contribution in [1.29, 1.82) is 0 Å². The van der Waals surface area contributed by atoms with E-state index in [-0.39, 0.29) is 17.8 Å². The highest BCUT2D eigenvalue weighted by atomic mass is 32.1. The van der Waals surface area contributed by atoms with Gasteiger partial charge in [-0.25, -0.2) is 19.3 Å². The fourth-order valence-corrected chi connectivity index (χ4v) is 3.65. The van der Waals surface area contributed by atoms with E-state index in [0.29, 0.717) is 16.3 Å². The van der Waals surface area contributed by atoms with Crippen LogP contribution in [0.15, 0.2) is 54.4 Å². The molecule has 1 atom stereocenters. The topological polar surface area (TPSA) is 63.4 Å². The molecule has 1 aromatic carbocycles. The van der Waals surface area contributed by atoms with Gasteiger partial charge in [0.2, 0.25) is 0 Å². The Bertz CT molecular complexity index is 1090. The molecule has 0 N–H and O–H groups in total. The first kappa shape index (κ1) is 17.3. The minimum atomic E-state index is -0.295. The molecule has 0 radical (unpaired) electrons. The van der Waals surface area contributed by atoms with Crippen molar-refractivity contribution in [3.05, 3.63) is 71.6 Å². The Kier molecular flexibility index (Phi) is 4.41. The maximum atomic E-state index is 13.1. The fourth-order valence-electron chi connectivity index (χ4n) is 2.80. The molecule has 0 aliphatic carbocycles. The number of fused-ring (bicyclic) bond motifs is 1. The lowest BCUT2D eigenvalue weighted by molar-refractivity contribution is 0.0733. The van der Waals surface area contributed by atoms with Crippen LogP contribution in [-0.2, 0) is 0 Å². The number of hydrogen-bond donors (Lipinski definition) is 0. The fraction of sp³-hybridized carbons (Fsp3) is 0.158. The molecule has 6 nitrogen and oxygen atoms in total. The van der Waals surface area contributed by atoms with Crippen LogP contribution < -0.4 is 0 Å². The van der Waals surface area contributed by atoms with Crippen molar-refractivity contribution in [3.8, 4) is 11.3 Å². The van der Waals surface area contributed by atoms with Crippen molar-refractivity contribution < 1.29 is 9.18 Å². The largest absolute Gasteiger partial charge is 0.332 e. The van der Waals surface area contributed by atoms with Crippen molar-refractivity contribution in [2.24, 2.45) is 0 Å². The zero-order valence-electron chi connectivity index (χ0n) is 14.7. The van der Waals surface area contributed by atoms with Gasteiger partial charge < -0.3 is 4.90 Å². The Morgan fingerprint density at radius 3 is 2.74 bits per heavy atom. The van der Waals surface area contributed by atoms with Crippen molar-refractivity contribution in [1.82, 2.24) is 24.3 Å². The molecule has 0 saturated carbocycles. The Balaban J connectivity index is 1.65. The highest BCUT2D eigenvalue weighted by Crippen LogP contribution is 2.26. The highest BCUT2D eigenvalue weighted by Gasteiger charge is 2.23. The van der Waals surface area contributed by atoms with Crippen LogP contribution in [0.3, 0.4) is 0 Å². The van der Waals surface area contributed by atoms with Crippen molar-refractivity contribution >= 4 is 22.2 Å². The number of halogens is 1. The van der Waals surface area contributed by atoms with E-state index in [1.165, 1.54) is 29.8 Å². The molecule has 0 spiro atoms. The summed E-state index contributed by atoms with van der Waals surface area (Å²) in [4.78, 5) is 28.0. The predicted octanol–water partition coefficient (Wildman–Crippen LogP) is 3.83. The van der Waals surface area contributed by atoms with Gasteiger partial charge in [0.1, 0.15) is 17.8 Å². The van der Waals surface area contributed by atoms with Gasteiger partial charge in [-0.3, -0.25) is 9.20 Å². The number of hydrogen-bond acceptors (Lipinski definition) is 5. The van der Waals surface area contributed by atoms with Gasteiger partial charge in [0, 0.05) is 30.4 Å². The molecule has 0 bridgehead atoms. The Hall–Kier alpha value is -3.13. The van der Waals surface area contributed by atoms with Crippen LogP contribution in [0, 0.1) is 5.82 Å². The molecular formula is C19H16FN5OS. The standard InChI is InChI=1S/C19H16FN5OS/c1-12(15-7-8-21-11-22-15)24(2)18(26)17-10-27-19-23-16(9-25(17)19)13-3-5-14(20)6-4-13/h3-12H,1-2H3. The number of carbonyl (C=O) groups is 1. The number of amides is 1. The lowest BCUT2D eigenvalue weighted by Crippen LogP contribution is -2.30. The number of benzene rings is 1. The molecule has 4 rings (SSSR count). The summed E-state index contributed by atoms with van der Waals surface area (Å²) < 4.78 is 14.9. The normalized spacial score (nSPS) is 12.3. The summed E-state index contributed by atoms with van der Waals surface area (Å²) in [5.74, 6) is -0.425. The summed E-state index contributed by atoms with van der Waals surface area (Å²) in [5, 5.41) is 1.79. The summed E-state index contributed by atoms with van der Waals surface area (Å²) in [5.41, 5.74) is 2.79. The van der Waals surface area contributed by atoms with E-state index in [1.807, 2.05) is 6.92 Å². The molecule has 136 valence electrons. The van der Waals surface area contributed by atoms with Crippen LogP contribution in [0.25, 0.3) is 16.2 Å². The smallest absolute Gasteiger partial charge is 0.272 e. The molecule has 0 aliphatic heterocycles. The van der Waals surface area contributed by atoms with E-state index < -0.39 is 0 Å². The first-order valence-electron chi connectivity index (χ1n) is 8.30. The van der Waals surface area contributed by atoms with E-state index in [2.05, 4.69) is 15.0 Å². The SMILES string of the molecule is CC(c1ccncn1)N(C)C(=O)c1csc2nc(-c3ccc(F)cc3)cn12. The first-order valence-corrected chi connectivity index (χ1v) is 9.18. The minimum absolute atomic E-state index is 0.129. The van der Waals surface area contributed by atoms with Crippen LogP contribution in [0.1, 0.15) is 29.1 Å². The zero-order valence-corrected chi connectivity index (χ0v) is 15.5. The minimum Gasteiger partial charge on any atom is -0.332 e. The van der Waals surface area contributed by atoms with Crippen molar-refractivity contribution in [2.45, 2.75) is 13.0 Å². The number of carbonyl (C=O) groups excluding carboxylic acids is 1. The molecule has 8 heteroatoms. The van der Waals surface area contributed by atoms with Crippen molar-refractivity contribution in [2.75, 3.05) is 7.05 Å². The van der Waals surface area contributed by atoms with E-state index in [4.69, 9.17) is 0 Å². The van der Waals surface area contributed by atoms with Crippen LogP contribution in [0.2, 0.25) is 0 Å². The number of aromatic nitrogens is 4. The van der Waals surface area contributed by atoms with Crippen molar-refractivity contribution in [3.63, 3.8) is 0 Å². The Morgan fingerprint density at radius 2 is 2.04 bits per heavy atom. The van der Waals surface area contributed by atoms with Gasteiger partial charge in [-0.05, 0) is 37.3 Å². The van der Waals surface area contributed by atoms with Gasteiger partial charge in [0.15, 0.2) is 4.96 Å². The average Bonchev–Trinajstić information content (AvgIpc) is 3.28. The highest BCUT2D eigenvalue weighted by molar-refractivity contribution is 7.15. The molecule has 1 amide bonds. The van der Waals surface area contributed by atoms with Crippen LogP contribution in [0.5, 0.6) is 0 Å². The summed E-state index contributed by atoms with van der Waals surface area (Å²) in [6.07, 6.45) is 4.93. The second-order valence-corrected chi connectivity index (χ2v) is 6.97. The summed E-state index contributed by atoms with van der Waals surface area (Å²) in [6, 6.07) is 7.73. The van der Waals surface area contributed by atoms with E-state index in [1.54, 1.807) is 52.3 Å². The lowest BCUT2D eigenvalue weighted by atomic mass is 10.2. The number of imidazole rings is 1. The third-order valence-corrected chi connectivity index (χ3v) is 5.34. The van der Waals surface area contributed by atoms with Gasteiger partial charge in [0.05, 0.1) is 17.4 Å². The summed E-state index contributed by atoms with van der Waals surface area (Å²) >= 11 is 1.39. The molecular weight excluding hydrogens is 365 g/mol. The summed E-state index contributed by atoms with van der Waals surface area (Å²) in [7, 11) is 1.75. The Labute approximate surface area is 159 Å². The van der Waals surface area contributed by atoms with Gasteiger partial charge in [-0.2, -0.15) is 0 Å². The Morgan fingerprint density at radius 1 is 1.26 bits per heavy atom. The van der Waals surface area contributed by atoms with Crippen LogP contribution in [-0.4, -0.2) is 37.2 Å². The molecule has 3 aromatic heterocycles. The second-order valence-electron chi connectivity index (χ2n) is 6.13. The quantitative estimate of drug-likeness (QED) is 0.539. The summed E-state index contributed by atoms with van der Waals surface area (Å²) in [6.45, 7) is 1.92. The van der Waals surface area contributed by atoms with E-state index in [0.717, 1.165) is 11.3 Å². The molecule has 0 fully saturated rings. The first-order chi connectivity index (χ1) is 13.0. The number of nitrogens with zero attached hydrogens (tertiary/aromatic N) is 5. The van der Waals surface area contributed by atoms with E-state index >= 15 is 0 Å². The molecule has 27 heavy (non-hydrogen) atoms. The van der Waals surface area contributed by atoms with Crippen LogP contribution >= 0.6 is 11.3 Å². The maximum absolute atomic E-state index is 13.1. The third kappa shape index (κ3) is 3.19. The molecule has 3 heterocycles. The maximum Gasteiger partial charge on any atom is 0.272 e. The average molecular weight is 381 g/mol. The van der Waals surface area contributed by atoms with Crippen LogP contribution in [0.4, 0.5) is 4.39 Å². The molecule has 4 aromatic rings. The zero-order chi connectivity index (χ0) is 19.0. The monoisotopic (exact) mass is 381 g/mol. The molecule has 0 aliphatic rings. The molecule has 0 saturated heterocycles. The third-order valence-electron chi connectivity index (χ3n) is 4.50. The number of rotatable bonds is 4. The second kappa shape index (κ2) is 6.88. The predicted molar refractivity (Wildman–Crippen MR) is 101 cm³/mol. The molecule has 1 unspecified atom stereocenters. The van der Waals surface area contributed by atoms with Gasteiger partial charge >= 0.3 is 0 Å². The lowest BCUT2D eigenvalue weighted by Gasteiger charge is -2.24. The van der Waals surface area contributed by atoms with E-state index in [9.17, 15) is 9.18 Å². The van der Waals surface area contributed by atoms with Gasteiger partial charge in [-0.1, -0.05) is 0 Å². The van der Waals surface area contributed by atoms with Gasteiger partial charge in [-0.15, -0.1) is 11.3 Å². The van der Waals surface area contributed by atoms with Gasteiger partial charge in [0.25, 0.3) is 5.91 Å². The number of thiazole rings is 1.